The number of benzene rings is 1. The van der Waals surface area contributed by atoms with Crippen LogP contribution in [0.2, 0.25) is 0 Å². The van der Waals surface area contributed by atoms with Crippen molar-refractivity contribution in [2.24, 2.45) is 0 Å². The van der Waals surface area contributed by atoms with Crippen molar-refractivity contribution in [2.45, 2.75) is 33.3 Å². The fourth-order valence-corrected chi connectivity index (χ4v) is 1.89. The van der Waals surface area contributed by atoms with Gasteiger partial charge < -0.3 is 15.4 Å². The van der Waals surface area contributed by atoms with Crippen LogP contribution in [0.4, 0.5) is 5.69 Å². The smallest absolute Gasteiger partial charge is 0.253 e. The lowest BCUT2D eigenvalue weighted by Crippen LogP contribution is -2.40. The van der Waals surface area contributed by atoms with Crippen molar-refractivity contribution >= 4 is 11.6 Å². The third kappa shape index (κ3) is 4.56. The zero-order valence-corrected chi connectivity index (χ0v) is 12.5. The molecule has 2 N–H and O–H groups in total. The van der Waals surface area contributed by atoms with E-state index in [9.17, 15) is 4.79 Å². The highest BCUT2D eigenvalue weighted by Crippen LogP contribution is 2.17. The van der Waals surface area contributed by atoms with Gasteiger partial charge >= 0.3 is 0 Å². The van der Waals surface area contributed by atoms with Crippen LogP contribution in [-0.2, 0) is 4.74 Å². The quantitative estimate of drug-likeness (QED) is 0.830. The minimum absolute atomic E-state index is 0.0826. The molecule has 4 nitrogen and oxygen atoms in total. The summed E-state index contributed by atoms with van der Waals surface area (Å²) in [6.07, 6.45) is 0. The molecule has 0 radical (unpaired) electrons. The fraction of sp³-hybridized carbons (Fsp3) is 0.533. The van der Waals surface area contributed by atoms with Crippen molar-refractivity contribution in [1.82, 2.24) is 5.32 Å². The zero-order valence-electron chi connectivity index (χ0n) is 12.5. The van der Waals surface area contributed by atoms with Crippen molar-refractivity contribution in [1.29, 1.82) is 0 Å². The van der Waals surface area contributed by atoms with Crippen LogP contribution < -0.4 is 10.6 Å². The van der Waals surface area contributed by atoms with Gasteiger partial charge in [-0.15, -0.1) is 0 Å². The van der Waals surface area contributed by atoms with Gasteiger partial charge in [-0.2, -0.15) is 0 Å². The number of rotatable bonds is 6. The van der Waals surface area contributed by atoms with E-state index in [0.717, 1.165) is 11.3 Å². The van der Waals surface area contributed by atoms with Gasteiger partial charge in [0.25, 0.3) is 5.91 Å². The van der Waals surface area contributed by atoms with Gasteiger partial charge in [-0.05, 0) is 39.8 Å². The molecule has 0 unspecified atom stereocenters. The van der Waals surface area contributed by atoms with E-state index in [2.05, 4.69) is 10.6 Å². The lowest BCUT2D eigenvalue weighted by atomic mass is 10.1. The number of aryl methyl sites for hydroxylation is 1. The third-order valence-corrected chi connectivity index (χ3v) is 2.90. The van der Waals surface area contributed by atoms with Gasteiger partial charge in [-0.1, -0.05) is 11.6 Å². The highest BCUT2D eigenvalue weighted by molar-refractivity contribution is 5.99. The number of carbonyl (C=O) groups is 1. The molecule has 1 amide bonds. The molecule has 19 heavy (non-hydrogen) atoms. The van der Waals surface area contributed by atoms with Gasteiger partial charge in [0.05, 0.1) is 11.2 Å². The number of hydrogen-bond donors (Lipinski definition) is 2. The van der Waals surface area contributed by atoms with Crippen molar-refractivity contribution in [2.75, 3.05) is 25.5 Å². The van der Waals surface area contributed by atoms with Gasteiger partial charge in [0.1, 0.15) is 0 Å². The molecule has 0 atom stereocenters. The summed E-state index contributed by atoms with van der Waals surface area (Å²) in [5.74, 6) is -0.0826. The molecule has 0 fully saturated rings. The predicted molar refractivity (Wildman–Crippen MR) is 78.8 cm³/mol. The van der Waals surface area contributed by atoms with E-state index >= 15 is 0 Å². The summed E-state index contributed by atoms with van der Waals surface area (Å²) in [6, 6.07) is 5.78. The average molecular weight is 264 g/mol. The van der Waals surface area contributed by atoms with E-state index in [1.807, 2.05) is 52.9 Å². The Bertz CT molecular complexity index is 442. The first kappa shape index (κ1) is 15.5. The van der Waals surface area contributed by atoms with Gasteiger partial charge in [-0.25, -0.2) is 0 Å². The molecular formula is C15H24N2O2. The summed E-state index contributed by atoms with van der Waals surface area (Å²) in [5, 5.41) is 5.96. The summed E-state index contributed by atoms with van der Waals surface area (Å²) < 4.78 is 5.57. The van der Waals surface area contributed by atoms with Gasteiger partial charge in [-0.3, -0.25) is 4.79 Å². The normalized spacial score (nSPS) is 11.2. The second-order valence-corrected chi connectivity index (χ2v) is 5.17. The van der Waals surface area contributed by atoms with Gasteiger partial charge in [0.2, 0.25) is 0 Å². The summed E-state index contributed by atoms with van der Waals surface area (Å²) in [5.41, 5.74) is 2.20. The number of carbonyl (C=O) groups excluding carboxylic acids is 1. The fourth-order valence-electron chi connectivity index (χ4n) is 1.89. The second-order valence-electron chi connectivity index (χ2n) is 5.17. The Morgan fingerprint density at radius 1 is 1.37 bits per heavy atom. The summed E-state index contributed by atoms with van der Waals surface area (Å²) in [6.45, 7) is 8.97. The molecule has 0 saturated carbocycles. The topological polar surface area (TPSA) is 50.4 Å². The molecule has 0 heterocycles. The van der Waals surface area contributed by atoms with E-state index in [1.54, 1.807) is 0 Å². The maximum atomic E-state index is 12.2. The standard InChI is InChI=1S/C15H24N2O2/c1-6-19-15(3,4)10-17-14(18)12-9-11(2)7-8-13(12)16-5/h7-9,16H,6,10H2,1-5H3,(H,17,18). The van der Waals surface area contributed by atoms with Gasteiger partial charge in [0, 0.05) is 25.9 Å². The maximum Gasteiger partial charge on any atom is 0.253 e. The zero-order chi connectivity index (χ0) is 14.5. The summed E-state index contributed by atoms with van der Waals surface area (Å²) >= 11 is 0. The lowest BCUT2D eigenvalue weighted by Gasteiger charge is -2.25. The highest BCUT2D eigenvalue weighted by atomic mass is 16.5. The second kappa shape index (κ2) is 6.57. The molecule has 0 bridgehead atoms. The molecule has 106 valence electrons. The largest absolute Gasteiger partial charge is 0.387 e. The Balaban J connectivity index is 2.76. The molecule has 4 heteroatoms. The first-order valence-corrected chi connectivity index (χ1v) is 6.60. The van der Waals surface area contributed by atoms with E-state index < -0.39 is 0 Å². The van der Waals surface area contributed by atoms with Gasteiger partial charge in [0.15, 0.2) is 0 Å². The number of ether oxygens (including phenoxy) is 1. The molecule has 0 aliphatic rings. The number of hydrogen-bond acceptors (Lipinski definition) is 3. The first-order chi connectivity index (χ1) is 8.89. The molecule has 0 aromatic heterocycles. The summed E-state index contributed by atoms with van der Waals surface area (Å²) in [7, 11) is 1.81. The molecule has 0 aliphatic heterocycles. The van der Waals surface area contributed by atoms with Crippen LogP contribution in [0.3, 0.4) is 0 Å². The average Bonchev–Trinajstić information content (AvgIpc) is 2.36. The molecule has 1 rings (SSSR count). The molecule has 1 aromatic carbocycles. The van der Waals surface area contributed by atoms with Crippen LogP contribution in [-0.4, -0.2) is 31.7 Å². The van der Waals surface area contributed by atoms with Crippen LogP contribution in [0.15, 0.2) is 18.2 Å². The number of nitrogens with one attached hydrogen (secondary N) is 2. The Hall–Kier alpha value is -1.55. The van der Waals surface area contributed by atoms with Crippen LogP contribution in [0, 0.1) is 6.92 Å². The Morgan fingerprint density at radius 3 is 2.63 bits per heavy atom. The Labute approximate surface area is 115 Å². The molecule has 0 spiro atoms. The highest BCUT2D eigenvalue weighted by Gasteiger charge is 2.20. The van der Waals surface area contributed by atoms with E-state index in [4.69, 9.17) is 4.74 Å². The van der Waals surface area contributed by atoms with E-state index in [0.29, 0.717) is 18.7 Å². The lowest BCUT2D eigenvalue weighted by molar-refractivity contribution is -0.00814. The number of amides is 1. The Kier molecular flexibility index (Phi) is 5.36. The molecule has 0 aliphatic carbocycles. The molecule has 1 aromatic rings. The van der Waals surface area contributed by atoms with Crippen LogP contribution in [0.25, 0.3) is 0 Å². The SMILES string of the molecule is CCOC(C)(C)CNC(=O)c1cc(C)ccc1NC. The third-order valence-electron chi connectivity index (χ3n) is 2.90. The van der Waals surface area contributed by atoms with Crippen LogP contribution in [0.5, 0.6) is 0 Å². The van der Waals surface area contributed by atoms with Crippen molar-refractivity contribution in [3.63, 3.8) is 0 Å². The number of anilines is 1. The van der Waals surface area contributed by atoms with E-state index in [1.165, 1.54) is 0 Å². The monoisotopic (exact) mass is 264 g/mol. The summed E-state index contributed by atoms with van der Waals surface area (Å²) in [4.78, 5) is 12.2. The minimum Gasteiger partial charge on any atom is -0.387 e. The van der Waals surface area contributed by atoms with Crippen molar-refractivity contribution in [3.05, 3.63) is 29.3 Å². The van der Waals surface area contributed by atoms with Crippen molar-refractivity contribution in [3.8, 4) is 0 Å². The predicted octanol–water partition coefficient (Wildman–Crippen LogP) is 2.58. The van der Waals surface area contributed by atoms with Crippen LogP contribution >= 0.6 is 0 Å². The van der Waals surface area contributed by atoms with Crippen molar-refractivity contribution < 1.29 is 9.53 Å². The maximum absolute atomic E-state index is 12.2. The first-order valence-electron chi connectivity index (χ1n) is 6.60. The molecular weight excluding hydrogens is 240 g/mol. The van der Waals surface area contributed by atoms with E-state index in [-0.39, 0.29) is 11.5 Å². The van der Waals surface area contributed by atoms with Crippen LogP contribution in [0.1, 0.15) is 36.7 Å². The Morgan fingerprint density at radius 2 is 2.05 bits per heavy atom. The molecule has 0 saturated heterocycles. The minimum atomic E-state index is -0.353.